The van der Waals surface area contributed by atoms with Crippen LogP contribution in [0.3, 0.4) is 0 Å². The summed E-state index contributed by atoms with van der Waals surface area (Å²) in [5.41, 5.74) is 4.12. The molecule has 0 amide bonds. The molecule has 1 heterocycles. The maximum atomic E-state index is 4.18. The van der Waals surface area contributed by atoms with Gasteiger partial charge in [0.25, 0.3) is 0 Å². The maximum Gasteiger partial charge on any atom is 0.0949 e. The number of hydrogen-bond acceptors (Lipinski definition) is 2. The molecule has 3 heteroatoms. The topological polar surface area (TPSA) is 29.9 Å². The molecule has 2 aromatic rings. The van der Waals surface area contributed by atoms with Gasteiger partial charge in [-0.05, 0) is 49.8 Å². The van der Waals surface area contributed by atoms with Crippen LogP contribution in [-0.4, -0.2) is 15.6 Å². The quantitative estimate of drug-likeness (QED) is 0.922. The average Bonchev–Trinajstić information content (AvgIpc) is 3.09. The van der Waals surface area contributed by atoms with E-state index in [1.807, 2.05) is 12.5 Å². The zero-order valence-electron chi connectivity index (χ0n) is 12.3. The van der Waals surface area contributed by atoms with E-state index in [1.54, 1.807) is 0 Å². The van der Waals surface area contributed by atoms with Crippen LogP contribution in [0.1, 0.15) is 42.0 Å². The van der Waals surface area contributed by atoms with E-state index < -0.39 is 0 Å². The van der Waals surface area contributed by atoms with Crippen LogP contribution < -0.4 is 5.32 Å². The highest BCUT2D eigenvalue weighted by molar-refractivity contribution is 5.29. The highest BCUT2D eigenvalue weighted by Crippen LogP contribution is 2.30. The molecular formula is C17H23N3. The van der Waals surface area contributed by atoms with Crippen LogP contribution >= 0.6 is 0 Å². The summed E-state index contributed by atoms with van der Waals surface area (Å²) in [6.07, 6.45) is 9.71. The van der Waals surface area contributed by atoms with Crippen LogP contribution in [0.5, 0.6) is 0 Å². The second kappa shape index (κ2) is 5.80. The number of aryl methyl sites for hydroxylation is 2. The Bertz CT molecular complexity index is 560. The van der Waals surface area contributed by atoms with Gasteiger partial charge in [-0.15, -0.1) is 0 Å². The third-order valence-electron chi connectivity index (χ3n) is 4.53. The zero-order chi connectivity index (χ0) is 13.9. The standard InChI is InChI=1S/C17H23N3/c1-13-6-7-15(10-14(13)2)11-19-16-4-3-5-17(16)20-9-8-18-12-20/h6-10,12,16-17,19H,3-5,11H2,1-2H3. The lowest BCUT2D eigenvalue weighted by Crippen LogP contribution is -2.33. The lowest BCUT2D eigenvalue weighted by Gasteiger charge is -2.22. The van der Waals surface area contributed by atoms with Crippen molar-refractivity contribution in [3.8, 4) is 0 Å². The summed E-state index contributed by atoms with van der Waals surface area (Å²) in [5.74, 6) is 0. The van der Waals surface area contributed by atoms with Gasteiger partial charge < -0.3 is 9.88 Å². The zero-order valence-corrected chi connectivity index (χ0v) is 12.3. The summed E-state index contributed by atoms with van der Waals surface area (Å²) in [7, 11) is 0. The summed E-state index contributed by atoms with van der Waals surface area (Å²) < 4.78 is 2.26. The van der Waals surface area contributed by atoms with Crippen LogP contribution in [0.2, 0.25) is 0 Å². The molecule has 0 bridgehead atoms. The molecule has 1 saturated carbocycles. The second-order valence-electron chi connectivity index (χ2n) is 5.91. The van der Waals surface area contributed by atoms with Gasteiger partial charge in [-0.2, -0.15) is 0 Å². The second-order valence-corrected chi connectivity index (χ2v) is 5.91. The molecule has 1 aromatic carbocycles. The lowest BCUT2D eigenvalue weighted by molar-refractivity contribution is 0.390. The molecule has 1 fully saturated rings. The normalized spacial score (nSPS) is 22.3. The van der Waals surface area contributed by atoms with Crippen LogP contribution in [0.4, 0.5) is 0 Å². The Morgan fingerprint density at radius 1 is 1.25 bits per heavy atom. The monoisotopic (exact) mass is 269 g/mol. The molecule has 0 saturated heterocycles. The first-order valence-corrected chi connectivity index (χ1v) is 7.51. The van der Waals surface area contributed by atoms with Crippen molar-refractivity contribution in [3.05, 3.63) is 53.6 Å². The molecule has 0 radical (unpaired) electrons. The van der Waals surface area contributed by atoms with Crippen molar-refractivity contribution in [1.29, 1.82) is 0 Å². The van der Waals surface area contributed by atoms with Gasteiger partial charge in [0.2, 0.25) is 0 Å². The predicted octanol–water partition coefficient (Wildman–Crippen LogP) is 3.38. The molecule has 1 N–H and O–H groups in total. The Morgan fingerprint density at radius 2 is 2.15 bits per heavy atom. The molecule has 106 valence electrons. The fraction of sp³-hybridized carbons (Fsp3) is 0.471. The molecule has 0 spiro atoms. The molecule has 3 nitrogen and oxygen atoms in total. The maximum absolute atomic E-state index is 4.18. The van der Waals surface area contributed by atoms with Gasteiger partial charge in [0.15, 0.2) is 0 Å². The van der Waals surface area contributed by atoms with E-state index in [2.05, 4.69) is 53.1 Å². The minimum Gasteiger partial charge on any atom is -0.333 e. The number of aromatic nitrogens is 2. The fourth-order valence-corrected chi connectivity index (χ4v) is 3.16. The Hall–Kier alpha value is -1.61. The highest BCUT2D eigenvalue weighted by atomic mass is 15.1. The van der Waals surface area contributed by atoms with Gasteiger partial charge in [-0.1, -0.05) is 18.2 Å². The Labute approximate surface area is 121 Å². The van der Waals surface area contributed by atoms with E-state index in [4.69, 9.17) is 0 Å². The minimum absolute atomic E-state index is 0.559. The van der Waals surface area contributed by atoms with E-state index in [9.17, 15) is 0 Å². The molecular weight excluding hydrogens is 246 g/mol. The van der Waals surface area contributed by atoms with Crippen molar-refractivity contribution in [2.24, 2.45) is 0 Å². The number of nitrogens with zero attached hydrogens (tertiary/aromatic N) is 2. The average molecular weight is 269 g/mol. The Morgan fingerprint density at radius 3 is 2.90 bits per heavy atom. The van der Waals surface area contributed by atoms with Crippen molar-refractivity contribution >= 4 is 0 Å². The van der Waals surface area contributed by atoms with E-state index >= 15 is 0 Å². The van der Waals surface area contributed by atoms with Gasteiger partial charge in [-0.3, -0.25) is 0 Å². The highest BCUT2D eigenvalue weighted by Gasteiger charge is 2.27. The van der Waals surface area contributed by atoms with Crippen LogP contribution in [0.15, 0.2) is 36.9 Å². The third kappa shape index (κ3) is 2.78. The first-order chi connectivity index (χ1) is 9.74. The first kappa shape index (κ1) is 13.4. The van der Waals surface area contributed by atoms with Crippen molar-refractivity contribution in [1.82, 2.24) is 14.9 Å². The smallest absolute Gasteiger partial charge is 0.0949 e. The molecule has 3 rings (SSSR count). The molecule has 2 unspecified atom stereocenters. The number of rotatable bonds is 4. The van der Waals surface area contributed by atoms with E-state index in [-0.39, 0.29) is 0 Å². The van der Waals surface area contributed by atoms with Crippen LogP contribution in [0, 0.1) is 13.8 Å². The molecule has 20 heavy (non-hydrogen) atoms. The van der Waals surface area contributed by atoms with Gasteiger partial charge in [0, 0.05) is 31.0 Å². The fourth-order valence-electron chi connectivity index (χ4n) is 3.16. The van der Waals surface area contributed by atoms with E-state index in [0.717, 1.165) is 6.54 Å². The molecule has 0 aliphatic heterocycles. The number of imidazole rings is 1. The van der Waals surface area contributed by atoms with Crippen LogP contribution in [0.25, 0.3) is 0 Å². The number of benzene rings is 1. The molecule has 2 atom stereocenters. The molecule has 1 aromatic heterocycles. The van der Waals surface area contributed by atoms with Gasteiger partial charge >= 0.3 is 0 Å². The number of nitrogens with one attached hydrogen (secondary N) is 1. The minimum atomic E-state index is 0.559. The van der Waals surface area contributed by atoms with Crippen molar-refractivity contribution in [2.75, 3.05) is 0 Å². The summed E-state index contributed by atoms with van der Waals surface area (Å²) in [6, 6.07) is 7.86. The van der Waals surface area contributed by atoms with E-state index in [0.29, 0.717) is 12.1 Å². The van der Waals surface area contributed by atoms with Crippen LogP contribution in [-0.2, 0) is 6.54 Å². The summed E-state index contributed by atoms with van der Waals surface area (Å²) in [6.45, 7) is 5.30. The van der Waals surface area contributed by atoms with Crippen molar-refractivity contribution in [2.45, 2.75) is 51.7 Å². The van der Waals surface area contributed by atoms with Gasteiger partial charge in [0.1, 0.15) is 0 Å². The summed E-state index contributed by atoms with van der Waals surface area (Å²) in [4.78, 5) is 4.18. The molecule has 1 aliphatic carbocycles. The van der Waals surface area contributed by atoms with Crippen molar-refractivity contribution in [3.63, 3.8) is 0 Å². The summed E-state index contributed by atoms with van der Waals surface area (Å²) >= 11 is 0. The SMILES string of the molecule is Cc1ccc(CNC2CCCC2n2ccnc2)cc1C. The lowest BCUT2D eigenvalue weighted by atomic mass is 10.1. The van der Waals surface area contributed by atoms with Crippen molar-refractivity contribution < 1.29 is 0 Å². The Kier molecular flexibility index (Phi) is 3.88. The third-order valence-corrected chi connectivity index (χ3v) is 4.53. The van der Waals surface area contributed by atoms with E-state index in [1.165, 1.54) is 36.0 Å². The first-order valence-electron chi connectivity index (χ1n) is 7.51. The van der Waals surface area contributed by atoms with Gasteiger partial charge in [-0.25, -0.2) is 4.98 Å². The predicted molar refractivity (Wildman–Crippen MR) is 81.7 cm³/mol. The summed E-state index contributed by atoms with van der Waals surface area (Å²) in [5, 5.41) is 3.73. The van der Waals surface area contributed by atoms with Gasteiger partial charge in [0.05, 0.1) is 6.33 Å². The largest absolute Gasteiger partial charge is 0.333 e. The number of hydrogen-bond donors (Lipinski definition) is 1. The Balaban J connectivity index is 1.64. The molecule has 1 aliphatic rings.